The van der Waals surface area contributed by atoms with E-state index in [1.165, 1.54) is 6.41 Å². The minimum absolute atomic E-state index is 0. The number of rotatable bonds is 2. The molecule has 0 aromatic rings. The monoisotopic (exact) mass is 244 g/mol. The minimum Gasteiger partial charge on any atom is -0.520 e. The quantitative estimate of drug-likeness (QED) is 0.350. The normalized spacial score (nSPS) is 22.2. The largest absolute Gasteiger partial charge is 0.520 e. The molecule has 2 N–H and O–H groups in total. The summed E-state index contributed by atoms with van der Waals surface area (Å²) in [6.45, 7) is 0. The van der Waals surface area contributed by atoms with Crippen molar-refractivity contribution in [3.8, 4) is 0 Å². The molecule has 0 aromatic carbocycles. The number of imide groups is 1. The molecule has 0 saturated carbocycles. The molecule has 1 radical (unpaired) electrons. The van der Waals surface area contributed by atoms with E-state index in [9.17, 15) is 14.4 Å². The number of carbonyl (C=O) groups excluding carboxylic acids is 3. The molecule has 0 aliphatic carbocycles. The van der Waals surface area contributed by atoms with E-state index in [1.54, 1.807) is 0 Å². The first-order valence-electron chi connectivity index (χ1n) is 3.20. The fourth-order valence-corrected chi connectivity index (χ4v) is 0.902. The van der Waals surface area contributed by atoms with Gasteiger partial charge in [-0.3, -0.25) is 14.9 Å². The Bertz CT molecular complexity index is 207. The zero-order valence-electron chi connectivity index (χ0n) is 6.29. The second kappa shape index (κ2) is 5.38. The second-order valence-electron chi connectivity index (χ2n) is 2.25. The third kappa shape index (κ3) is 2.99. The standard InChI is InChI=1S/C6H7N2O3.Y/c9-3-7-4-1-2-5(10)8-6(4)11;/h4H,1-2H2,(H,7,9)(H,8,10,11);/q-1;. The SMILES string of the molecule is O=[C-]NC1CCC(=O)NC1=O.[Y]. The predicted molar refractivity (Wildman–Crippen MR) is 35.0 cm³/mol. The first-order valence-corrected chi connectivity index (χ1v) is 3.20. The van der Waals surface area contributed by atoms with Gasteiger partial charge in [0.25, 0.3) is 0 Å². The Hall–Kier alpha value is -0.286. The minimum atomic E-state index is -0.592. The number of nitrogens with one attached hydrogen (secondary N) is 2. The van der Waals surface area contributed by atoms with Crippen LogP contribution in [-0.4, -0.2) is 24.3 Å². The van der Waals surface area contributed by atoms with Gasteiger partial charge in [0.1, 0.15) is 0 Å². The molecule has 1 rings (SSSR count). The van der Waals surface area contributed by atoms with Crippen molar-refractivity contribution in [2.45, 2.75) is 18.9 Å². The molecular formula is C6H7N2O3Y-. The topological polar surface area (TPSA) is 75.3 Å². The van der Waals surface area contributed by atoms with Crippen LogP contribution >= 0.6 is 0 Å². The van der Waals surface area contributed by atoms with Gasteiger partial charge in [0.15, 0.2) is 0 Å². The molecule has 6 heteroatoms. The summed E-state index contributed by atoms with van der Waals surface area (Å²) < 4.78 is 0. The van der Waals surface area contributed by atoms with Crippen molar-refractivity contribution in [2.24, 2.45) is 0 Å². The van der Waals surface area contributed by atoms with Crippen LogP contribution in [0.3, 0.4) is 0 Å². The van der Waals surface area contributed by atoms with Gasteiger partial charge in [-0.15, -0.1) is 0 Å². The summed E-state index contributed by atoms with van der Waals surface area (Å²) in [5, 5.41) is 4.28. The van der Waals surface area contributed by atoms with E-state index < -0.39 is 11.9 Å². The van der Waals surface area contributed by atoms with Gasteiger partial charge in [-0.1, -0.05) is 0 Å². The van der Waals surface area contributed by atoms with E-state index in [0.29, 0.717) is 6.42 Å². The Labute approximate surface area is 94.5 Å². The molecule has 3 amide bonds. The number of carbonyl (C=O) groups is 2. The molecule has 1 aliphatic rings. The molecule has 12 heavy (non-hydrogen) atoms. The van der Waals surface area contributed by atoms with E-state index >= 15 is 0 Å². The summed E-state index contributed by atoms with van der Waals surface area (Å²) in [6.07, 6.45) is 2.04. The third-order valence-electron chi connectivity index (χ3n) is 1.47. The van der Waals surface area contributed by atoms with Crippen LogP contribution in [0, 0.1) is 0 Å². The first kappa shape index (κ1) is 11.7. The molecular weight excluding hydrogens is 237 g/mol. The molecule has 1 aliphatic heterocycles. The van der Waals surface area contributed by atoms with Gasteiger partial charge in [0.2, 0.25) is 11.8 Å². The van der Waals surface area contributed by atoms with Crippen molar-refractivity contribution < 1.29 is 47.1 Å². The van der Waals surface area contributed by atoms with Gasteiger partial charge < -0.3 is 10.1 Å². The van der Waals surface area contributed by atoms with E-state index in [-0.39, 0.29) is 45.0 Å². The van der Waals surface area contributed by atoms with Crippen LogP contribution in [0.1, 0.15) is 12.8 Å². The molecule has 0 bridgehead atoms. The van der Waals surface area contributed by atoms with Gasteiger partial charge in [-0.2, -0.15) is 6.41 Å². The number of piperidine rings is 1. The van der Waals surface area contributed by atoms with Crippen LogP contribution < -0.4 is 10.6 Å². The maximum atomic E-state index is 10.8. The van der Waals surface area contributed by atoms with Crippen LogP contribution in [-0.2, 0) is 47.1 Å². The summed E-state index contributed by atoms with van der Waals surface area (Å²) in [5.74, 6) is -0.747. The van der Waals surface area contributed by atoms with Crippen LogP contribution in [0.5, 0.6) is 0 Å². The van der Waals surface area contributed by atoms with Crippen molar-refractivity contribution in [3.05, 3.63) is 0 Å². The van der Waals surface area contributed by atoms with Gasteiger partial charge in [0, 0.05) is 39.1 Å². The van der Waals surface area contributed by atoms with Crippen molar-refractivity contribution >= 4 is 18.2 Å². The molecule has 1 fully saturated rings. The number of amides is 3. The van der Waals surface area contributed by atoms with E-state index in [2.05, 4.69) is 10.6 Å². The van der Waals surface area contributed by atoms with Crippen molar-refractivity contribution in [2.75, 3.05) is 0 Å². The van der Waals surface area contributed by atoms with E-state index in [1.807, 2.05) is 0 Å². The Kier molecular flexibility index (Phi) is 5.25. The fourth-order valence-electron chi connectivity index (χ4n) is 0.902. The maximum absolute atomic E-state index is 10.8. The molecule has 0 spiro atoms. The summed E-state index contributed by atoms with van der Waals surface area (Å²) >= 11 is 0. The summed E-state index contributed by atoms with van der Waals surface area (Å²) in [5.41, 5.74) is 0. The van der Waals surface area contributed by atoms with Crippen LogP contribution in [0.15, 0.2) is 0 Å². The second-order valence-corrected chi connectivity index (χ2v) is 2.25. The van der Waals surface area contributed by atoms with Crippen molar-refractivity contribution in [1.82, 2.24) is 10.6 Å². The molecule has 1 atom stereocenters. The van der Waals surface area contributed by atoms with Crippen molar-refractivity contribution in [1.29, 1.82) is 0 Å². The smallest absolute Gasteiger partial charge is 0.246 e. The predicted octanol–water partition coefficient (Wildman–Crippen LogP) is -1.55. The zero-order chi connectivity index (χ0) is 8.27. The summed E-state index contributed by atoms with van der Waals surface area (Å²) in [6, 6.07) is -0.592. The fraction of sp³-hybridized carbons (Fsp3) is 0.500. The molecule has 63 valence electrons. The van der Waals surface area contributed by atoms with Gasteiger partial charge in [0.05, 0.1) is 6.04 Å². The molecule has 1 heterocycles. The maximum Gasteiger partial charge on any atom is 0.246 e. The third-order valence-corrected chi connectivity index (χ3v) is 1.47. The zero-order valence-corrected chi connectivity index (χ0v) is 9.13. The van der Waals surface area contributed by atoms with Crippen LogP contribution in [0.4, 0.5) is 0 Å². The van der Waals surface area contributed by atoms with Gasteiger partial charge in [-0.25, -0.2) is 0 Å². The summed E-state index contributed by atoms with van der Waals surface area (Å²) in [4.78, 5) is 31.2. The van der Waals surface area contributed by atoms with Crippen LogP contribution in [0.2, 0.25) is 0 Å². The van der Waals surface area contributed by atoms with Crippen molar-refractivity contribution in [3.63, 3.8) is 0 Å². The Balaban J connectivity index is 0.00000121. The molecule has 0 aromatic heterocycles. The summed E-state index contributed by atoms with van der Waals surface area (Å²) in [7, 11) is 0. The Morgan fingerprint density at radius 2 is 2.17 bits per heavy atom. The first-order chi connectivity index (χ1) is 5.24. The van der Waals surface area contributed by atoms with Crippen LogP contribution in [0.25, 0.3) is 0 Å². The Morgan fingerprint density at radius 1 is 1.50 bits per heavy atom. The van der Waals surface area contributed by atoms with E-state index in [4.69, 9.17) is 0 Å². The molecule has 1 unspecified atom stereocenters. The van der Waals surface area contributed by atoms with Gasteiger partial charge in [-0.05, 0) is 6.42 Å². The number of hydrogen-bond donors (Lipinski definition) is 2. The molecule has 1 saturated heterocycles. The molecule has 5 nitrogen and oxygen atoms in total. The van der Waals surface area contributed by atoms with Gasteiger partial charge >= 0.3 is 0 Å². The van der Waals surface area contributed by atoms with E-state index in [0.717, 1.165) is 0 Å². The number of hydrogen-bond acceptors (Lipinski definition) is 3. The average molecular weight is 244 g/mol. The Morgan fingerprint density at radius 3 is 2.67 bits per heavy atom. The average Bonchev–Trinajstić information content (AvgIpc) is 1.95.